The molecule has 18 heavy (non-hydrogen) atoms. The molecule has 1 aliphatic heterocycles. The summed E-state index contributed by atoms with van der Waals surface area (Å²) in [5, 5.41) is 0. The molecule has 0 radical (unpaired) electrons. The van der Waals surface area contributed by atoms with Crippen molar-refractivity contribution in [3.05, 3.63) is 16.1 Å². The number of carbonyl (C=O) groups is 1. The minimum absolute atomic E-state index is 0.217. The molecule has 0 saturated carbocycles. The molecule has 1 aromatic heterocycles. The monoisotopic (exact) mass is 268 g/mol. The number of aryl methyl sites for hydroxylation is 1. The molecule has 0 unspecified atom stereocenters. The van der Waals surface area contributed by atoms with Gasteiger partial charge in [-0.2, -0.15) is 0 Å². The average molecular weight is 268 g/mol. The largest absolute Gasteiger partial charge is 0.381 e. The van der Waals surface area contributed by atoms with Crippen LogP contribution in [0.4, 0.5) is 0 Å². The van der Waals surface area contributed by atoms with Crippen molar-refractivity contribution in [2.24, 2.45) is 5.41 Å². The highest BCUT2D eigenvalue weighted by Crippen LogP contribution is 2.29. The fraction of sp³-hybridized carbons (Fsp3) is 0.692. The summed E-state index contributed by atoms with van der Waals surface area (Å²) in [6.45, 7) is 5.10. The number of hydrogen-bond acceptors (Lipinski definition) is 5. The van der Waals surface area contributed by atoms with Crippen LogP contribution in [0.1, 0.15) is 23.4 Å². The molecule has 1 aliphatic rings. The Morgan fingerprint density at radius 3 is 2.83 bits per heavy atom. The highest BCUT2D eigenvalue weighted by molar-refractivity contribution is 7.09. The Kier molecular flexibility index (Phi) is 4.48. The van der Waals surface area contributed by atoms with Gasteiger partial charge >= 0.3 is 0 Å². The predicted octanol–water partition coefficient (Wildman–Crippen LogP) is 1.88. The van der Waals surface area contributed by atoms with E-state index in [0.717, 1.165) is 37.9 Å². The second-order valence-electron chi connectivity index (χ2n) is 5.13. The summed E-state index contributed by atoms with van der Waals surface area (Å²) >= 11 is 1.68. The summed E-state index contributed by atoms with van der Waals surface area (Å²) in [6.07, 6.45) is 2.80. The molecule has 2 rings (SSSR count). The first kappa shape index (κ1) is 13.6. The summed E-state index contributed by atoms with van der Waals surface area (Å²) in [6, 6.07) is 0. The normalized spacial score (nSPS) is 19.1. The van der Waals surface area contributed by atoms with Crippen LogP contribution < -0.4 is 0 Å². The van der Waals surface area contributed by atoms with Crippen LogP contribution in [0.5, 0.6) is 0 Å². The Labute approximate surface area is 112 Å². The van der Waals surface area contributed by atoms with Crippen LogP contribution in [0.25, 0.3) is 0 Å². The van der Waals surface area contributed by atoms with Crippen LogP contribution >= 0.6 is 11.3 Å². The molecule has 0 N–H and O–H groups in total. The van der Waals surface area contributed by atoms with Gasteiger partial charge < -0.3 is 14.4 Å². The molecule has 0 aliphatic carbocycles. The zero-order valence-electron chi connectivity index (χ0n) is 11.0. The minimum atomic E-state index is -0.217. The van der Waals surface area contributed by atoms with Crippen molar-refractivity contribution in [3.63, 3.8) is 0 Å². The number of rotatable bonds is 5. The summed E-state index contributed by atoms with van der Waals surface area (Å²) in [4.78, 5) is 19.2. The fourth-order valence-electron chi connectivity index (χ4n) is 2.41. The van der Waals surface area contributed by atoms with Gasteiger partial charge in [-0.3, -0.25) is 0 Å². The van der Waals surface area contributed by atoms with Crippen LogP contribution in [-0.2, 0) is 16.1 Å². The van der Waals surface area contributed by atoms with Crippen molar-refractivity contribution < 1.29 is 9.53 Å². The number of thiazole rings is 1. The number of aldehydes is 1. The molecule has 1 fully saturated rings. The van der Waals surface area contributed by atoms with E-state index in [2.05, 4.69) is 16.9 Å². The van der Waals surface area contributed by atoms with Gasteiger partial charge in [-0.15, -0.1) is 11.3 Å². The van der Waals surface area contributed by atoms with Gasteiger partial charge in [-0.25, -0.2) is 4.98 Å². The Bertz CT molecular complexity index is 399. The van der Waals surface area contributed by atoms with Crippen molar-refractivity contribution in [2.45, 2.75) is 26.3 Å². The van der Waals surface area contributed by atoms with Gasteiger partial charge in [0.2, 0.25) is 0 Å². The van der Waals surface area contributed by atoms with Crippen molar-refractivity contribution in [2.75, 3.05) is 26.8 Å². The van der Waals surface area contributed by atoms with Gasteiger partial charge in [0.1, 0.15) is 6.29 Å². The predicted molar refractivity (Wildman–Crippen MR) is 71.7 cm³/mol. The summed E-state index contributed by atoms with van der Waals surface area (Å²) in [5.41, 5.74) is 2.76. The number of nitrogens with zero attached hydrogens (tertiary/aromatic N) is 2. The lowest BCUT2D eigenvalue weighted by atomic mass is 9.81. The van der Waals surface area contributed by atoms with Gasteiger partial charge in [0.25, 0.3) is 0 Å². The lowest BCUT2D eigenvalue weighted by molar-refractivity contribution is -0.122. The van der Waals surface area contributed by atoms with E-state index >= 15 is 0 Å². The van der Waals surface area contributed by atoms with Gasteiger partial charge in [-0.05, 0) is 26.8 Å². The topological polar surface area (TPSA) is 42.4 Å². The lowest BCUT2D eigenvalue weighted by Crippen LogP contribution is -2.41. The van der Waals surface area contributed by atoms with Crippen LogP contribution in [0.15, 0.2) is 5.51 Å². The maximum absolute atomic E-state index is 11.4. The maximum Gasteiger partial charge on any atom is 0.127 e. The number of carbonyl (C=O) groups excluding carboxylic acids is 1. The van der Waals surface area contributed by atoms with E-state index in [-0.39, 0.29) is 5.41 Å². The second kappa shape index (κ2) is 5.91. The molecule has 2 heterocycles. The first-order valence-electron chi connectivity index (χ1n) is 6.27. The number of aromatic nitrogens is 1. The zero-order chi connectivity index (χ0) is 13.0. The molecular weight excluding hydrogens is 248 g/mol. The molecule has 0 aromatic carbocycles. The first-order chi connectivity index (χ1) is 8.65. The molecule has 0 bridgehead atoms. The van der Waals surface area contributed by atoms with E-state index in [0.29, 0.717) is 13.2 Å². The van der Waals surface area contributed by atoms with E-state index in [1.807, 2.05) is 12.4 Å². The zero-order valence-corrected chi connectivity index (χ0v) is 11.8. The van der Waals surface area contributed by atoms with Gasteiger partial charge in [-0.1, -0.05) is 0 Å². The van der Waals surface area contributed by atoms with Crippen LogP contribution in [0, 0.1) is 12.3 Å². The standard InChI is InChI=1S/C13H20N2O2S/c1-11-12(18-10-14-11)7-15(2)8-13(9-16)3-5-17-6-4-13/h9-10H,3-8H2,1-2H3. The van der Waals surface area contributed by atoms with Crippen LogP contribution in [-0.4, -0.2) is 43.0 Å². The molecule has 4 nitrogen and oxygen atoms in total. The molecule has 1 aromatic rings. The second-order valence-corrected chi connectivity index (χ2v) is 6.07. The Morgan fingerprint density at radius 2 is 2.28 bits per heavy atom. The molecule has 0 atom stereocenters. The van der Waals surface area contributed by atoms with Gasteiger partial charge in [0.05, 0.1) is 11.2 Å². The SMILES string of the molecule is Cc1ncsc1CN(C)CC1(C=O)CCOCC1. The van der Waals surface area contributed by atoms with E-state index in [1.165, 1.54) is 4.88 Å². The molecule has 100 valence electrons. The van der Waals surface area contributed by atoms with Gasteiger partial charge in [0.15, 0.2) is 0 Å². The smallest absolute Gasteiger partial charge is 0.127 e. The summed E-state index contributed by atoms with van der Waals surface area (Å²) in [5.74, 6) is 0. The highest BCUT2D eigenvalue weighted by atomic mass is 32.1. The van der Waals surface area contributed by atoms with Gasteiger partial charge in [0, 0.05) is 36.6 Å². The van der Waals surface area contributed by atoms with Crippen molar-refractivity contribution >= 4 is 17.6 Å². The highest BCUT2D eigenvalue weighted by Gasteiger charge is 2.33. The van der Waals surface area contributed by atoms with Crippen molar-refractivity contribution in [1.29, 1.82) is 0 Å². The van der Waals surface area contributed by atoms with Crippen molar-refractivity contribution in [3.8, 4) is 0 Å². The maximum atomic E-state index is 11.4. The van der Waals surface area contributed by atoms with Crippen molar-refractivity contribution in [1.82, 2.24) is 9.88 Å². The lowest BCUT2D eigenvalue weighted by Gasteiger charge is -2.35. The van der Waals surface area contributed by atoms with E-state index in [4.69, 9.17) is 4.74 Å². The molecular formula is C13H20N2O2S. The molecule has 0 spiro atoms. The van der Waals surface area contributed by atoms with Crippen LogP contribution in [0.2, 0.25) is 0 Å². The quantitative estimate of drug-likeness (QED) is 0.765. The molecule has 5 heteroatoms. The Balaban J connectivity index is 1.95. The molecule has 1 saturated heterocycles. The van der Waals surface area contributed by atoms with E-state index in [9.17, 15) is 4.79 Å². The third-order valence-electron chi connectivity index (χ3n) is 3.58. The fourth-order valence-corrected chi connectivity index (χ4v) is 3.26. The Hall–Kier alpha value is -0.780. The summed E-state index contributed by atoms with van der Waals surface area (Å²) in [7, 11) is 2.07. The third kappa shape index (κ3) is 3.16. The third-order valence-corrected chi connectivity index (χ3v) is 4.50. The summed E-state index contributed by atoms with van der Waals surface area (Å²) < 4.78 is 5.35. The van der Waals surface area contributed by atoms with Crippen LogP contribution in [0.3, 0.4) is 0 Å². The number of hydrogen-bond donors (Lipinski definition) is 0. The molecule has 0 amide bonds. The Morgan fingerprint density at radius 1 is 1.56 bits per heavy atom. The first-order valence-corrected chi connectivity index (χ1v) is 7.15. The van der Waals surface area contributed by atoms with E-state index in [1.54, 1.807) is 11.3 Å². The minimum Gasteiger partial charge on any atom is -0.381 e. The number of ether oxygens (including phenoxy) is 1. The average Bonchev–Trinajstić information content (AvgIpc) is 2.76. The van der Waals surface area contributed by atoms with E-state index < -0.39 is 0 Å².